The Morgan fingerprint density at radius 3 is 2.51 bits per heavy atom. The van der Waals surface area contributed by atoms with E-state index in [0.717, 1.165) is 11.9 Å². The van der Waals surface area contributed by atoms with E-state index in [1.807, 2.05) is 51.2 Å². The van der Waals surface area contributed by atoms with Gasteiger partial charge in [-0.25, -0.2) is 0 Å². The maximum atomic E-state index is 13.5. The molecule has 10 nitrogen and oxygen atoms in total. The lowest BCUT2D eigenvalue weighted by Crippen LogP contribution is -2.49. The number of anilines is 3. The molecule has 2 heterocycles. The summed E-state index contributed by atoms with van der Waals surface area (Å²) in [5, 5.41) is 10.6. The predicted octanol–water partition coefficient (Wildman–Crippen LogP) is 1.25. The molecule has 0 saturated carbocycles. The number of rotatable bonds is 10. The van der Waals surface area contributed by atoms with Gasteiger partial charge in [0, 0.05) is 52.9 Å². The van der Waals surface area contributed by atoms with Crippen LogP contribution < -0.4 is 26.6 Å². The van der Waals surface area contributed by atoms with E-state index < -0.39 is 0 Å². The highest BCUT2D eigenvalue weighted by molar-refractivity contribution is 6.33. The van der Waals surface area contributed by atoms with Crippen molar-refractivity contribution in [1.82, 2.24) is 14.7 Å². The van der Waals surface area contributed by atoms with E-state index >= 15 is 0 Å². The van der Waals surface area contributed by atoms with E-state index in [1.54, 1.807) is 23.2 Å². The zero-order valence-electron chi connectivity index (χ0n) is 22.8. The molecular weight excluding hydrogens is 495 g/mol. The highest BCUT2D eigenvalue weighted by Crippen LogP contribution is 2.25. The van der Waals surface area contributed by atoms with Gasteiger partial charge in [0.25, 0.3) is 11.5 Å². The highest BCUT2D eigenvalue weighted by atomic mass is 16.5. The first-order chi connectivity index (χ1) is 18.9. The predicted molar refractivity (Wildman–Crippen MR) is 156 cm³/mol. The van der Waals surface area contributed by atoms with Crippen LogP contribution in [-0.2, 0) is 9.53 Å². The summed E-state index contributed by atoms with van der Waals surface area (Å²) in [7, 11) is 1.92. The monoisotopic (exact) mass is 530 g/mol. The van der Waals surface area contributed by atoms with Crippen LogP contribution in [0.15, 0.2) is 59.5 Å². The molecule has 0 bridgehead atoms. The smallest absolute Gasteiger partial charge is 0.296 e. The largest absolute Gasteiger partial charge is 0.382 e. The second kappa shape index (κ2) is 13.1. The van der Waals surface area contributed by atoms with Crippen molar-refractivity contribution >= 4 is 42.2 Å². The molecule has 2 amide bonds. The van der Waals surface area contributed by atoms with Crippen LogP contribution in [0, 0.1) is 0 Å². The number of aromatic nitrogens is 2. The van der Waals surface area contributed by atoms with E-state index in [0.29, 0.717) is 74.3 Å². The molecule has 0 aliphatic carbocycles. The lowest BCUT2D eigenvalue weighted by molar-refractivity contribution is -0.114. The third kappa shape index (κ3) is 6.86. The molecule has 1 aliphatic rings. The molecule has 0 unspecified atom stereocenters. The van der Waals surface area contributed by atoms with Crippen LogP contribution in [0.5, 0.6) is 0 Å². The molecule has 39 heavy (non-hydrogen) atoms. The molecule has 1 aliphatic heterocycles. The van der Waals surface area contributed by atoms with Crippen molar-refractivity contribution in [2.45, 2.75) is 20.3 Å². The minimum absolute atomic E-state index is 0.131. The maximum Gasteiger partial charge on any atom is 0.296 e. The summed E-state index contributed by atoms with van der Waals surface area (Å²) in [5.74, 6) is -0.356. The van der Waals surface area contributed by atoms with E-state index in [-0.39, 0.29) is 17.4 Å². The summed E-state index contributed by atoms with van der Waals surface area (Å²) in [6, 6.07) is 14.8. The molecule has 204 valence electrons. The van der Waals surface area contributed by atoms with Gasteiger partial charge >= 0.3 is 0 Å². The minimum atomic E-state index is -0.228. The molecule has 0 spiro atoms. The molecule has 3 aromatic rings. The highest BCUT2D eigenvalue weighted by Gasteiger charge is 2.27. The Kier molecular flexibility index (Phi) is 9.38. The summed E-state index contributed by atoms with van der Waals surface area (Å²) in [5.41, 5.74) is 3.58. The van der Waals surface area contributed by atoms with Crippen molar-refractivity contribution in [3.63, 3.8) is 0 Å². The Labute approximate surface area is 229 Å². The van der Waals surface area contributed by atoms with E-state index in [2.05, 4.69) is 20.6 Å². The number of nitrogens with one attached hydrogen (secondary N) is 2. The number of nitrogens with zero attached hydrogens (tertiary/aromatic N) is 4. The van der Waals surface area contributed by atoms with Crippen molar-refractivity contribution in [3.05, 3.63) is 70.6 Å². The van der Waals surface area contributed by atoms with Crippen molar-refractivity contribution < 1.29 is 14.3 Å². The molecule has 4 rings (SSSR count). The topological polar surface area (TPSA) is 109 Å². The molecule has 1 fully saturated rings. The summed E-state index contributed by atoms with van der Waals surface area (Å²) in [4.78, 5) is 42.5. The molecule has 1 saturated heterocycles. The summed E-state index contributed by atoms with van der Waals surface area (Å²) < 4.78 is 6.84. The fraction of sp³-hybridized carbons (Fsp3) is 0.357. The molecule has 2 aromatic carbocycles. The quantitative estimate of drug-likeness (QED) is 0.300. The number of hydrogen-bond donors (Lipinski definition) is 2. The number of para-hydroxylation sites is 1. The zero-order chi connectivity index (χ0) is 27.8. The summed E-state index contributed by atoms with van der Waals surface area (Å²) >= 11 is 0. The Bertz CT molecular complexity index is 1360. The molecular formula is C28H35BN6O4. The standard InChI is InChI=1S/C28H35BN6O4/c1-3-39-17-7-12-30-26-25(19-31-35(28(26)38)22-8-5-4-6-9-22)33-13-15-34(16-14-33)27(37)23-18-21(29)10-11-24(23)32-20(2)36/h4-6,8-11,18-19,30H,3,7,12-17,29H2,1-2H3,(H,32,36). The average Bonchev–Trinajstić information content (AvgIpc) is 2.94. The number of ether oxygens (including phenoxy) is 1. The number of piperazine rings is 1. The second-order valence-electron chi connectivity index (χ2n) is 9.44. The lowest BCUT2D eigenvalue weighted by atomic mass is 9.93. The molecule has 0 radical (unpaired) electrons. The fourth-order valence-electron chi connectivity index (χ4n) is 4.59. The van der Waals surface area contributed by atoms with Gasteiger partial charge in [0.05, 0.1) is 28.8 Å². The van der Waals surface area contributed by atoms with Crippen LogP contribution in [0.3, 0.4) is 0 Å². The molecule has 0 atom stereocenters. The Morgan fingerprint density at radius 2 is 1.82 bits per heavy atom. The van der Waals surface area contributed by atoms with Gasteiger partial charge in [-0.05, 0) is 31.5 Å². The van der Waals surface area contributed by atoms with Crippen LogP contribution in [0.4, 0.5) is 17.1 Å². The fourth-order valence-corrected chi connectivity index (χ4v) is 4.59. The van der Waals surface area contributed by atoms with Gasteiger partial charge < -0.3 is 25.2 Å². The van der Waals surface area contributed by atoms with Crippen molar-refractivity contribution in [3.8, 4) is 5.69 Å². The first-order valence-electron chi connectivity index (χ1n) is 13.3. The molecule has 11 heteroatoms. The van der Waals surface area contributed by atoms with Gasteiger partial charge in [0.2, 0.25) is 5.91 Å². The number of hydrogen-bond acceptors (Lipinski definition) is 7. The van der Waals surface area contributed by atoms with E-state index in [9.17, 15) is 14.4 Å². The van der Waals surface area contributed by atoms with Crippen LogP contribution in [0.1, 0.15) is 30.6 Å². The minimum Gasteiger partial charge on any atom is -0.382 e. The molecule has 1 aromatic heterocycles. The number of carbonyl (C=O) groups is 2. The molecule has 2 N–H and O–H groups in total. The van der Waals surface area contributed by atoms with Gasteiger partial charge in [-0.2, -0.15) is 9.78 Å². The zero-order valence-corrected chi connectivity index (χ0v) is 22.8. The van der Waals surface area contributed by atoms with Gasteiger partial charge in [-0.15, -0.1) is 0 Å². The average molecular weight is 530 g/mol. The van der Waals surface area contributed by atoms with Crippen LogP contribution in [0.2, 0.25) is 0 Å². The first-order valence-corrected chi connectivity index (χ1v) is 13.3. The summed E-state index contributed by atoms with van der Waals surface area (Å²) in [6.07, 6.45) is 2.47. The maximum absolute atomic E-state index is 13.5. The van der Waals surface area contributed by atoms with Gasteiger partial charge in [-0.3, -0.25) is 14.4 Å². The Balaban J connectivity index is 1.53. The number of carbonyl (C=O) groups excluding carboxylic acids is 2. The van der Waals surface area contributed by atoms with Crippen LogP contribution in [-0.4, -0.2) is 80.3 Å². The Hall–Kier alpha value is -4.12. The van der Waals surface area contributed by atoms with Crippen molar-refractivity contribution in [2.75, 3.05) is 61.5 Å². The number of amides is 2. The Morgan fingerprint density at radius 1 is 1.08 bits per heavy atom. The van der Waals surface area contributed by atoms with Gasteiger partial charge in [0.15, 0.2) is 0 Å². The van der Waals surface area contributed by atoms with E-state index in [4.69, 9.17) is 4.74 Å². The van der Waals surface area contributed by atoms with Crippen molar-refractivity contribution in [2.24, 2.45) is 0 Å². The van der Waals surface area contributed by atoms with Crippen LogP contribution >= 0.6 is 0 Å². The third-order valence-corrected chi connectivity index (χ3v) is 6.55. The van der Waals surface area contributed by atoms with Gasteiger partial charge in [-0.1, -0.05) is 35.8 Å². The number of benzene rings is 2. The van der Waals surface area contributed by atoms with Gasteiger partial charge in [0.1, 0.15) is 13.5 Å². The van der Waals surface area contributed by atoms with Crippen molar-refractivity contribution in [1.29, 1.82) is 0 Å². The van der Waals surface area contributed by atoms with Crippen LogP contribution in [0.25, 0.3) is 5.69 Å². The SMILES string of the molecule is Bc1ccc(NC(C)=O)c(C(=O)N2CCN(c3cnn(-c4ccccc4)c(=O)c3NCCCOCC)CC2)c1. The first kappa shape index (κ1) is 27.9. The second-order valence-corrected chi connectivity index (χ2v) is 9.44. The normalized spacial score (nSPS) is 13.3. The third-order valence-electron chi connectivity index (χ3n) is 6.55. The lowest BCUT2D eigenvalue weighted by Gasteiger charge is -2.37. The van der Waals surface area contributed by atoms with E-state index in [1.165, 1.54) is 11.6 Å². The summed E-state index contributed by atoms with van der Waals surface area (Å²) in [6.45, 7) is 7.24.